The van der Waals surface area contributed by atoms with E-state index in [-0.39, 0.29) is 5.56 Å². The molecule has 0 bridgehead atoms. The van der Waals surface area contributed by atoms with Gasteiger partial charge in [0.1, 0.15) is 0 Å². The molecule has 5 nitrogen and oxygen atoms in total. The largest absolute Gasteiger partial charge is 0.332 e. The van der Waals surface area contributed by atoms with Gasteiger partial charge in [-0.3, -0.25) is 14.3 Å². The third-order valence-corrected chi connectivity index (χ3v) is 3.50. The Bertz CT molecular complexity index is 730. The van der Waals surface area contributed by atoms with Crippen molar-refractivity contribution in [1.29, 1.82) is 0 Å². The standard InChI is InChI=1S/C14H15N3O2/c1-16-6-4-10-2-3-12(8-11(10)9-16)17-7-5-13(18)15-14(17)19/h2-3,5,7-8H,4,6,9H2,1H3,(H,15,18,19). The van der Waals surface area contributed by atoms with Crippen LogP contribution in [0.4, 0.5) is 0 Å². The monoisotopic (exact) mass is 257 g/mol. The van der Waals surface area contributed by atoms with Crippen molar-refractivity contribution in [3.63, 3.8) is 0 Å². The third-order valence-electron chi connectivity index (χ3n) is 3.50. The van der Waals surface area contributed by atoms with E-state index in [0.29, 0.717) is 0 Å². The van der Waals surface area contributed by atoms with E-state index in [2.05, 4.69) is 23.0 Å². The molecule has 2 heterocycles. The first-order valence-electron chi connectivity index (χ1n) is 6.26. The summed E-state index contributed by atoms with van der Waals surface area (Å²) in [5.74, 6) is 0. The summed E-state index contributed by atoms with van der Waals surface area (Å²) in [5.41, 5.74) is 2.58. The molecule has 0 fully saturated rings. The molecule has 1 aromatic carbocycles. The van der Waals surface area contributed by atoms with Crippen molar-refractivity contribution in [2.75, 3.05) is 13.6 Å². The molecule has 0 spiro atoms. The van der Waals surface area contributed by atoms with Crippen molar-refractivity contribution in [3.8, 4) is 5.69 Å². The minimum atomic E-state index is -0.406. The van der Waals surface area contributed by atoms with Crippen molar-refractivity contribution in [2.24, 2.45) is 0 Å². The number of likely N-dealkylation sites (N-methyl/N-ethyl adjacent to an activating group) is 1. The maximum atomic E-state index is 11.8. The maximum Gasteiger partial charge on any atom is 0.332 e. The van der Waals surface area contributed by atoms with E-state index in [4.69, 9.17) is 0 Å². The quantitative estimate of drug-likeness (QED) is 0.810. The number of nitrogens with one attached hydrogen (secondary N) is 1. The van der Waals surface area contributed by atoms with E-state index in [1.165, 1.54) is 28.0 Å². The van der Waals surface area contributed by atoms with Gasteiger partial charge in [0.25, 0.3) is 5.56 Å². The van der Waals surface area contributed by atoms with E-state index in [1.54, 1.807) is 0 Å². The fourth-order valence-electron chi connectivity index (χ4n) is 2.45. The van der Waals surface area contributed by atoms with Crippen LogP contribution in [0.1, 0.15) is 11.1 Å². The molecular weight excluding hydrogens is 242 g/mol. The number of rotatable bonds is 1. The molecule has 5 heteroatoms. The van der Waals surface area contributed by atoms with Gasteiger partial charge in [-0.1, -0.05) is 6.07 Å². The van der Waals surface area contributed by atoms with Gasteiger partial charge in [0, 0.05) is 25.4 Å². The SMILES string of the molecule is CN1CCc2ccc(-n3ccc(=O)[nH]c3=O)cc2C1. The Balaban J connectivity index is 2.09. The fraction of sp³-hybridized carbons (Fsp3) is 0.286. The molecule has 0 saturated carbocycles. The van der Waals surface area contributed by atoms with Crippen molar-refractivity contribution in [2.45, 2.75) is 13.0 Å². The van der Waals surface area contributed by atoms with Crippen LogP contribution in [0.25, 0.3) is 5.69 Å². The maximum absolute atomic E-state index is 11.8. The first-order valence-corrected chi connectivity index (χ1v) is 6.26. The topological polar surface area (TPSA) is 58.1 Å². The molecule has 0 radical (unpaired) electrons. The Morgan fingerprint density at radius 2 is 2.00 bits per heavy atom. The first kappa shape index (κ1) is 11.9. The van der Waals surface area contributed by atoms with Crippen LogP contribution in [-0.2, 0) is 13.0 Å². The van der Waals surface area contributed by atoms with E-state index in [1.807, 2.05) is 12.1 Å². The number of aromatic nitrogens is 2. The summed E-state index contributed by atoms with van der Waals surface area (Å²) in [7, 11) is 2.09. The Hall–Kier alpha value is -2.14. The second kappa shape index (κ2) is 4.51. The summed E-state index contributed by atoms with van der Waals surface area (Å²) in [6, 6.07) is 7.36. The van der Waals surface area contributed by atoms with Crippen LogP contribution in [0, 0.1) is 0 Å². The third kappa shape index (κ3) is 2.24. The summed E-state index contributed by atoms with van der Waals surface area (Å²) in [6.07, 6.45) is 2.54. The summed E-state index contributed by atoms with van der Waals surface area (Å²) >= 11 is 0. The van der Waals surface area contributed by atoms with Crippen molar-refractivity contribution in [3.05, 3.63) is 62.4 Å². The van der Waals surface area contributed by atoms with Gasteiger partial charge in [-0.2, -0.15) is 0 Å². The highest BCUT2D eigenvalue weighted by atomic mass is 16.2. The number of aromatic amines is 1. The lowest BCUT2D eigenvalue weighted by molar-refractivity contribution is 0.313. The Morgan fingerprint density at radius 1 is 1.16 bits per heavy atom. The molecule has 0 amide bonds. The average molecular weight is 257 g/mol. The predicted octanol–water partition coefficient (Wildman–Crippen LogP) is 0.514. The van der Waals surface area contributed by atoms with Crippen LogP contribution in [0.2, 0.25) is 0 Å². The van der Waals surface area contributed by atoms with Gasteiger partial charge in [0.05, 0.1) is 5.69 Å². The van der Waals surface area contributed by atoms with Crippen LogP contribution >= 0.6 is 0 Å². The Kier molecular flexibility index (Phi) is 2.83. The molecule has 0 saturated heterocycles. The fourth-order valence-corrected chi connectivity index (χ4v) is 2.45. The van der Waals surface area contributed by atoms with Crippen molar-refractivity contribution >= 4 is 0 Å². The zero-order chi connectivity index (χ0) is 13.4. The zero-order valence-electron chi connectivity index (χ0n) is 10.7. The van der Waals surface area contributed by atoms with Gasteiger partial charge < -0.3 is 4.90 Å². The second-order valence-corrected chi connectivity index (χ2v) is 4.92. The van der Waals surface area contributed by atoms with Crippen LogP contribution in [0.3, 0.4) is 0 Å². The lowest BCUT2D eigenvalue weighted by atomic mass is 9.99. The molecule has 1 N–H and O–H groups in total. The number of hydrogen-bond acceptors (Lipinski definition) is 3. The lowest BCUT2D eigenvalue weighted by Gasteiger charge is -2.25. The highest BCUT2D eigenvalue weighted by Crippen LogP contribution is 2.20. The van der Waals surface area contributed by atoms with E-state index in [0.717, 1.165) is 25.2 Å². The molecule has 0 atom stereocenters. The number of fused-ring (bicyclic) bond motifs is 1. The van der Waals surface area contributed by atoms with E-state index in [9.17, 15) is 9.59 Å². The van der Waals surface area contributed by atoms with Gasteiger partial charge in [-0.15, -0.1) is 0 Å². The smallest absolute Gasteiger partial charge is 0.302 e. The molecule has 98 valence electrons. The van der Waals surface area contributed by atoms with Crippen LogP contribution in [0.5, 0.6) is 0 Å². The number of benzene rings is 1. The van der Waals surface area contributed by atoms with E-state index >= 15 is 0 Å². The summed E-state index contributed by atoms with van der Waals surface area (Å²) in [6.45, 7) is 1.95. The summed E-state index contributed by atoms with van der Waals surface area (Å²) in [5, 5.41) is 0. The molecular formula is C14H15N3O2. The Morgan fingerprint density at radius 3 is 2.79 bits per heavy atom. The van der Waals surface area contributed by atoms with Gasteiger partial charge >= 0.3 is 5.69 Å². The minimum absolute atomic E-state index is 0.376. The van der Waals surface area contributed by atoms with Gasteiger partial charge in [0.2, 0.25) is 0 Å². The lowest BCUT2D eigenvalue weighted by Crippen LogP contribution is -2.29. The van der Waals surface area contributed by atoms with Crippen LogP contribution < -0.4 is 11.2 Å². The number of hydrogen-bond donors (Lipinski definition) is 1. The Labute approximate surface area is 110 Å². The summed E-state index contributed by atoms with van der Waals surface area (Å²) < 4.78 is 1.45. The molecule has 3 rings (SSSR count). The number of nitrogens with zero attached hydrogens (tertiary/aromatic N) is 2. The molecule has 0 unspecified atom stereocenters. The molecule has 2 aromatic rings. The highest BCUT2D eigenvalue weighted by Gasteiger charge is 2.13. The zero-order valence-corrected chi connectivity index (χ0v) is 10.7. The van der Waals surface area contributed by atoms with Gasteiger partial charge in [-0.25, -0.2) is 4.79 Å². The highest BCUT2D eigenvalue weighted by molar-refractivity contribution is 5.41. The molecule has 19 heavy (non-hydrogen) atoms. The van der Waals surface area contributed by atoms with Crippen molar-refractivity contribution < 1.29 is 0 Å². The predicted molar refractivity (Wildman–Crippen MR) is 72.7 cm³/mol. The molecule has 1 aromatic heterocycles. The normalized spacial score (nSPS) is 15.2. The first-order chi connectivity index (χ1) is 9.13. The second-order valence-electron chi connectivity index (χ2n) is 4.92. The molecule has 1 aliphatic heterocycles. The minimum Gasteiger partial charge on any atom is -0.302 e. The average Bonchev–Trinajstić information content (AvgIpc) is 2.38. The number of H-pyrrole nitrogens is 1. The van der Waals surface area contributed by atoms with E-state index < -0.39 is 5.69 Å². The van der Waals surface area contributed by atoms with Crippen LogP contribution in [-0.4, -0.2) is 28.0 Å². The van der Waals surface area contributed by atoms with Gasteiger partial charge in [0.15, 0.2) is 0 Å². The van der Waals surface area contributed by atoms with Gasteiger partial charge in [-0.05, 0) is 36.7 Å². The summed E-state index contributed by atoms with van der Waals surface area (Å²) in [4.78, 5) is 27.4. The molecule has 0 aliphatic carbocycles. The van der Waals surface area contributed by atoms with Crippen LogP contribution in [0.15, 0.2) is 40.1 Å². The van der Waals surface area contributed by atoms with Crippen molar-refractivity contribution in [1.82, 2.24) is 14.5 Å². The molecule has 1 aliphatic rings.